The topological polar surface area (TPSA) is 64.2 Å². The highest BCUT2D eigenvalue weighted by atomic mass is 19.1. The second-order valence-electron chi connectivity index (χ2n) is 7.99. The summed E-state index contributed by atoms with van der Waals surface area (Å²) < 4.78 is 29.0. The predicted octanol–water partition coefficient (Wildman–Crippen LogP) is 3.71. The van der Waals surface area contributed by atoms with Gasteiger partial charge in [0.05, 0.1) is 22.6 Å². The fourth-order valence-electron chi connectivity index (χ4n) is 4.25. The quantitative estimate of drug-likeness (QED) is 0.670. The largest absolute Gasteiger partial charge is 0.322 e. The molecule has 1 unspecified atom stereocenters. The second kappa shape index (κ2) is 8.62. The van der Waals surface area contributed by atoms with Crippen molar-refractivity contribution in [3.8, 4) is 5.69 Å². The first kappa shape index (κ1) is 20.6. The Bertz CT molecular complexity index is 1100. The lowest BCUT2D eigenvalue weighted by molar-refractivity contribution is 0.334. The minimum atomic E-state index is -0.758. The van der Waals surface area contributed by atoms with Gasteiger partial charge in [0.1, 0.15) is 17.5 Å². The molecule has 0 amide bonds. The number of aryl methyl sites for hydroxylation is 1. The van der Waals surface area contributed by atoms with Gasteiger partial charge in [-0.05, 0) is 76.0 Å². The zero-order chi connectivity index (χ0) is 21.3. The van der Waals surface area contributed by atoms with Crippen LogP contribution in [-0.4, -0.2) is 34.1 Å². The fraction of sp³-hybridized carbons (Fsp3) is 0.391. The summed E-state index contributed by atoms with van der Waals surface area (Å²) in [5.74, 6) is -1.25. The molecule has 158 valence electrons. The lowest BCUT2D eigenvalue weighted by Crippen LogP contribution is -2.28. The van der Waals surface area contributed by atoms with Crippen molar-refractivity contribution in [2.45, 2.75) is 38.6 Å². The van der Waals surface area contributed by atoms with E-state index in [0.717, 1.165) is 56.2 Å². The molecule has 1 saturated heterocycles. The molecule has 1 aliphatic rings. The van der Waals surface area contributed by atoms with Crippen molar-refractivity contribution in [3.63, 3.8) is 0 Å². The molecule has 0 bridgehead atoms. The molecule has 30 heavy (non-hydrogen) atoms. The average molecular weight is 412 g/mol. The number of hydrogen-bond donors (Lipinski definition) is 1. The van der Waals surface area contributed by atoms with Crippen molar-refractivity contribution in [2.75, 3.05) is 19.6 Å². The summed E-state index contributed by atoms with van der Waals surface area (Å²) in [5, 5.41) is 0.480. The van der Waals surface area contributed by atoms with Crippen molar-refractivity contribution < 1.29 is 8.78 Å². The Hall–Kier alpha value is -2.64. The van der Waals surface area contributed by atoms with Gasteiger partial charge < -0.3 is 10.6 Å². The lowest BCUT2D eigenvalue weighted by atomic mass is 10.0. The van der Waals surface area contributed by atoms with Crippen LogP contribution >= 0.6 is 0 Å². The molecule has 0 radical (unpaired) electrons. The van der Waals surface area contributed by atoms with E-state index < -0.39 is 17.7 Å². The van der Waals surface area contributed by atoms with Gasteiger partial charge in [-0.2, -0.15) is 0 Å². The normalized spacial score (nSPS) is 15.7. The molecule has 5 nitrogen and oxygen atoms in total. The number of nitrogens with zero attached hydrogens (tertiary/aromatic N) is 3. The van der Waals surface area contributed by atoms with Gasteiger partial charge in [0.25, 0.3) is 5.56 Å². The Morgan fingerprint density at radius 2 is 1.83 bits per heavy atom. The molecule has 1 aliphatic heterocycles. The van der Waals surface area contributed by atoms with Crippen LogP contribution in [0.4, 0.5) is 8.78 Å². The van der Waals surface area contributed by atoms with Crippen LogP contribution in [0.1, 0.15) is 43.6 Å². The molecule has 0 spiro atoms. The Labute approximate surface area is 174 Å². The van der Waals surface area contributed by atoms with E-state index in [-0.39, 0.29) is 17.1 Å². The molecular formula is C23H26F2N4O. The van der Waals surface area contributed by atoms with Crippen molar-refractivity contribution in [3.05, 3.63) is 69.8 Å². The molecule has 3 aromatic rings. The summed E-state index contributed by atoms with van der Waals surface area (Å²) in [7, 11) is 0. The molecule has 0 saturated carbocycles. The summed E-state index contributed by atoms with van der Waals surface area (Å²) in [4.78, 5) is 20.6. The number of hydrogen-bond acceptors (Lipinski definition) is 4. The summed E-state index contributed by atoms with van der Waals surface area (Å²) in [6, 6.07) is 8.03. The first-order valence-corrected chi connectivity index (χ1v) is 10.4. The fourth-order valence-corrected chi connectivity index (χ4v) is 4.25. The number of halogens is 2. The number of aromatic nitrogens is 2. The number of nitrogens with two attached hydrogens (primary N) is 1. The molecule has 7 heteroatoms. The van der Waals surface area contributed by atoms with Crippen molar-refractivity contribution >= 4 is 10.9 Å². The number of fused-ring (bicyclic) bond motifs is 1. The monoisotopic (exact) mass is 412 g/mol. The predicted molar refractivity (Wildman–Crippen MR) is 114 cm³/mol. The molecule has 2 aromatic carbocycles. The van der Waals surface area contributed by atoms with Crippen LogP contribution in [0, 0.1) is 11.6 Å². The second-order valence-corrected chi connectivity index (χ2v) is 7.99. The van der Waals surface area contributed by atoms with E-state index in [1.54, 1.807) is 13.0 Å². The first-order chi connectivity index (χ1) is 14.4. The summed E-state index contributed by atoms with van der Waals surface area (Å²) >= 11 is 0. The third-order valence-electron chi connectivity index (χ3n) is 5.64. The summed E-state index contributed by atoms with van der Waals surface area (Å²) in [6.07, 6.45) is 4.16. The van der Waals surface area contributed by atoms with E-state index in [0.29, 0.717) is 10.9 Å². The Balaban J connectivity index is 1.80. The van der Waals surface area contributed by atoms with Gasteiger partial charge in [-0.1, -0.05) is 12.1 Å². The third-order valence-corrected chi connectivity index (χ3v) is 5.64. The van der Waals surface area contributed by atoms with E-state index in [1.807, 2.05) is 12.1 Å². The maximum atomic E-state index is 13.9. The van der Waals surface area contributed by atoms with E-state index >= 15 is 0 Å². The SMILES string of the molecule is CC(N)c1nc2cccc(CCCN3CCCC3)c2c(=O)n1-c1cc(F)cc(F)c1. The zero-order valence-corrected chi connectivity index (χ0v) is 17.1. The Morgan fingerprint density at radius 1 is 1.13 bits per heavy atom. The molecule has 1 atom stereocenters. The minimum absolute atomic E-state index is 0.0890. The molecule has 0 aliphatic carbocycles. The van der Waals surface area contributed by atoms with E-state index in [2.05, 4.69) is 9.88 Å². The smallest absolute Gasteiger partial charge is 0.266 e. The molecule has 1 fully saturated rings. The maximum absolute atomic E-state index is 13.9. The Morgan fingerprint density at radius 3 is 2.50 bits per heavy atom. The molecule has 4 rings (SSSR count). The van der Waals surface area contributed by atoms with Crippen molar-refractivity contribution in [1.29, 1.82) is 0 Å². The van der Waals surface area contributed by atoms with E-state index in [1.165, 1.54) is 17.4 Å². The van der Waals surface area contributed by atoms with Gasteiger partial charge in [-0.25, -0.2) is 13.8 Å². The van der Waals surface area contributed by atoms with Crippen LogP contribution in [0.2, 0.25) is 0 Å². The van der Waals surface area contributed by atoms with Gasteiger partial charge in [0.15, 0.2) is 0 Å². The molecular weight excluding hydrogens is 386 g/mol. The highest BCUT2D eigenvalue weighted by molar-refractivity contribution is 5.81. The summed E-state index contributed by atoms with van der Waals surface area (Å²) in [5.41, 5.74) is 7.25. The van der Waals surface area contributed by atoms with Gasteiger partial charge in [0.2, 0.25) is 0 Å². The highest BCUT2D eigenvalue weighted by Crippen LogP contribution is 2.21. The van der Waals surface area contributed by atoms with E-state index in [4.69, 9.17) is 5.73 Å². The van der Waals surface area contributed by atoms with Crippen molar-refractivity contribution in [2.24, 2.45) is 5.73 Å². The van der Waals surface area contributed by atoms with Crippen LogP contribution in [-0.2, 0) is 6.42 Å². The van der Waals surface area contributed by atoms with Crippen molar-refractivity contribution in [1.82, 2.24) is 14.5 Å². The van der Waals surface area contributed by atoms with Crippen LogP contribution < -0.4 is 11.3 Å². The molecule has 2 N–H and O–H groups in total. The van der Waals surface area contributed by atoms with Gasteiger partial charge in [-0.3, -0.25) is 9.36 Å². The standard InChI is InChI=1S/C23H26F2N4O/c1-15(26)22-27-20-8-4-6-16(7-5-11-28-9-2-3-10-28)21(20)23(30)29(22)19-13-17(24)12-18(25)14-19/h4,6,8,12-15H,2-3,5,7,9-11,26H2,1H3. The third kappa shape index (κ3) is 4.13. The number of likely N-dealkylation sites (tertiary alicyclic amines) is 1. The van der Waals surface area contributed by atoms with Gasteiger partial charge in [0, 0.05) is 6.07 Å². The lowest BCUT2D eigenvalue weighted by Gasteiger charge is -2.18. The minimum Gasteiger partial charge on any atom is -0.322 e. The van der Waals surface area contributed by atoms with Crippen LogP contribution in [0.3, 0.4) is 0 Å². The highest BCUT2D eigenvalue weighted by Gasteiger charge is 2.19. The van der Waals surface area contributed by atoms with Crippen LogP contribution in [0.25, 0.3) is 16.6 Å². The number of rotatable bonds is 6. The zero-order valence-electron chi connectivity index (χ0n) is 17.1. The van der Waals surface area contributed by atoms with Crippen LogP contribution in [0.5, 0.6) is 0 Å². The summed E-state index contributed by atoms with van der Waals surface area (Å²) in [6.45, 7) is 4.95. The van der Waals surface area contributed by atoms with Crippen LogP contribution in [0.15, 0.2) is 41.2 Å². The molecule has 2 heterocycles. The average Bonchev–Trinajstić information content (AvgIpc) is 3.20. The first-order valence-electron chi connectivity index (χ1n) is 10.4. The van der Waals surface area contributed by atoms with E-state index in [9.17, 15) is 13.6 Å². The molecule has 1 aromatic heterocycles. The van der Waals surface area contributed by atoms with Gasteiger partial charge >= 0.3 is 0 Å². The Kier molecular flexibility index (Phi) is 5.92. The number of benzene rings is 2. The maximum Gasteiger partial charge on any atom is 0.266 e. The van der Waals surface area contributed by atoms with Gasteiger partial charge in [-0.15, -0.1) is 0 Å².